The summed E-state index contributed by atoms with van der Waals surface area (Å²) in [6.07, 6.45) is -0.606. The standard InChI is InChI=1S/C24H26F3N3O3/c1-17-8-11-20(12-9-17)29-23(32)28-15-18-5-4-14-30(16-18)22(31)13-10-19-6-2-3-7-21(19)33-24(25,26)27/h2-3,6-13,18H,4-5,14-16H2,1H3,(H2,28,29,32)/b13-10+/t18-/m1/s1. The smallest absolute Gasteiger partial charge is 0.405 e. The average Bonchev–Trinajstić information content (AvgIpc) is 2.77. The maximum atomic E-state index is 12.6. The van der Waals surface area contributed by atoms with Crippen molar-refractivity contribution in [2.45, 2.75) is 26.1 Å². The molecule has 2 aromatic rings. The van der Waals surface area contributed by atoms with Crippen molar-refractivity contribution < 1.29 is 27.5 Å². The van der Waals surface area contributed by atoms with Crippen LogP contribution in [0.1, 0.15) is 24.0 Å². The van der Waals surface area contributed by atoms with Gasteiger partial charge in [0.05, 0.1) is 0 Å². The number of rotatable bonds is 6. The lowest BCUT2D eigenvalue weighted by atomic mass is 9.98. The monoisotopic (exact) mass is 461 g/mol. The number of urea groups is 1. The molecule has 3 rings (SSSR count). The van der Waals surface area contributed by atoms with Crippen molar-refractivity contribution in [3.63, 3.8) is 0 Å². The van der Waals surface area contributed by atoms with Gasteiger partial charge in [0.2, 0.25) is 5.91 Å². The second-order valence-corrected chi connectivity index (χ2v) is 7.91. The number of carbonyl (C=O) groups is 2. The van der Waals surface area contributed by atoms with Crippen molar-refractivity contribution in [3.8, 4) is 5.75 Å². The fourth-order valence-electron chi connectivity index (χ4n) is 3.58. The van der Waals surface area contributed by atoms with Crippen LogP contribution in [-0.4, -0.2) is 42.8 Å². The summed E-state index contributed by atoms with van der Waals surface area (Å²) in [5.41, 5.74) is 1.95. The van der Waals surface area contributed by atoms with E-state index < -0.39 is 6.36 Å². The number of benzene rings is 2. The van der Waals surface area contributed by atoms with E-state index in [0.29, 0.717) is 25.3 Å². The van der Waals surface area contributed by atoms with Gasteiger partial charge in [-0.2, -0.15) is 0 Å². The van der Waals surface area contributed by atoms with E-state index in [1.54, 1.807) is 11.0 Å². The number of halogens is 3. The average molecular weight is 461 g/mol. The number of piperidine rings is 1. The summed E-state index contributed by atoms with van der Waals surface area (Å²) in [7, 11) is 0. The van der Waals surface area contributed by atoms with Crippen molar-refractivity contribution in [2.75, 3.05) is 25.0 Å². The second-order valence-electron chi connectivity index (χ2n) is 7.91. The van der Waals surface area contributed by atoms with Gasteiger partial charge in [-0.3, -0.25) is 4.79 Å². The fraction of sp³-hybridized carbons (Fsp3) is 0.333. The first-order valence-corrected chi connectivity index (χ1v) is 10.6. The minimum atomic E-state index is -4.81. The SMILES string of the molecule is Cc1ccc(NC(=O)NC[C@H]2CCCN(C(=O)/C=C/c3ccccc3OC(F)(F)F)C2)cc1. The molecule has 0 unspecified atom stereocenters. The molecular weight excluding hydrogens is 435 g/mol. The van der Waals surface area contributed by atoms with Crippen LogP contribution in [0, 0.1) is 12.8 Å². The van der Waals surface area contributed by atoms with E-state index in [9.17, 15) is 22.8 Å². The van der Waals surface area contributed by atoms with Crippen molar-refractivity contribution in [1.29, 1.82) is 0 Å². The number of nitrogens with zero attached hydrogens (tertiary/aromatic N) is 1. The van der Waals surface area contributed by atoms with E-state index in [0.717, 1.165) is 18.4 Å². The minimum absolute atomic E-state index is 0.0840. The molecule has 2 aromatic carbocycles. The third-order valence-electron chi connectivity index (χ3n) is 5.24. The molecule has 0 radical (unpaired) electrons. The predicted octanol–water partition coefficient (Wildman–Crippen LogP) is 4.97. The number of nitrogens with one attached hydrogen (secondary N) is 2. The van der Waals surface area contributed by atoms with E-state index in [4.69, 9.17) is 0 Å². The summed E-state index contributed by atoms with van der Waals surface area (Å²) in [4.78, 5) is 26.4. The molecule has 6 nitrogen and oxygen atoms in total. The molecule has 0 aliphatic carbocycles. The maximum absolute atomic E-state index is 12.6. The Morgan fingerprint density at radius 1 is 1.15 bits per heavy atom. The Bertz CT molecular complexity index is 990. The summed E-state index contributed by atoms with van der Waals surface area (Å²) >= 11 is 0. The number of ether oxygens (including phenoxy) is 1. The molecule has 0 aromatic heterocycles. The largest absolute Gasteiger partial charge is 0.573 e. The number of hydrogen-bond acceptors (Lipinski definition) is 3. The third kappa shape index (κ3) is 7.85. The van der Waals surface area contributed by atoms with E-state index >= 15 is 0 Å². The van der Waals surface area contributed by atoms with Crippen molar-refractivity contribution in [1.82, 2.24) is 10.2 Å². The second kappa shape index (κ2) is 10.9. The van der Waals surface area contributed by atoms with Crippen LogP contribution in [0.3, 0.4) is 0 Å². The molecule has 1 atom stereocenters. The first-order chi connectivity index (χ1) is 15.7. The molecule has 9 heteroatoms. The van der Waals surface area contributed by atoms with Gasteiger partial charge in [-0.05, 0) is 50.0 Å². The van der Waals surface area contributed by atoms with Crippen molar-refractivity contribution in [3.05, 3.63) is 65.7 Å². The lowest BCUT2D eigenvalue weighted by molar-refractivity contribution is -0.274. The van der Waals surface area contributed by atoms with Gasteiger partial charge in [-0.15, -0.1) is 13.2 Å². The van der Waals surface area contributed by atoms with Gasteiger partial charge in [0.1, 0.15) is 5.75 Å². The Labute approximate surface area is 190 Å². The first kappa shape index (κ1) is 24.2. The van der Waals surface area contributed by atoms with Crippen LogP contribution in [0.5, 0.6) is 5.75 Å². The Hall–Kier alpha value is -3.49. The number of alkyl halides is 3. The minimum Gasteiger partial charge on any atom is -0.405 e. The molecule has 1 heterocycles. The molecule has 1 saturated heterocycles. The predicted molar refractivity (Wildman–Crippen MR) is 120 cm³/mol. The normalized spacial score (nSPS) is 16.5. The van der Waals surface area contributed by atoms with Crippen LogP contribution in [0.4, 0.5) is 23.7 Å². The highest BCUT2D eigenvalue weighted by molar-refractivity contribution is 5.92. The number of amides is 3. The van der Waals surface area contributed by atoms with Gasteiger partial charge in [0.15, 0.2) is 0 Å². The van der Waals surface area contributed by atoms with Gasteiger partial charge in [-0.1, -0.05) is 35.9 Å². The lowest BCUT2D eigenvalue weighted by Crippen LogP contribution is -2.43. The zero-order chi connectivity index (χ0) is 23.8. The van der Waals surface area contributed by atoms with Gasteiger partial charge >= 0.3 is 12.4 Å². The summed E-state index contributed by atoms with van der Waals surface area (Å²) in [5, 5.41) is 5.60. The summed E-state index contributed by atoms with van der Waals surface area (Å²) < 4.78 is 41.7. The lowest BCUT2D eigenvalue weighted by Gasteiger charge is -2.32. The Balaban J connectivity index is 1.51. The van der Waals surface area contributed by atoms with Crippen LogP contribution in [0.15, 0.2) is 54.6 Å². The number of anilines is 1. The number of para-hydroxylation sites is 1. The van der Waals surface area contributed by atoms with Crippen molar-refractivity contribution in [2.24, 2.45) is 5.92 Å². The molecular formula is C24H26F3N3O3. The van der Waals surface area contributed by atoms with E-state index in [-0.39, 0.29) is 29.2 Å². The maximum Gasteiger partial charge on any atom is 0.573 e. The first-order valence-electron chi connectivity index (χ1n) is 10.6. The highest BCUT2D eigenvalue weighted by Crippen LogP contribution is 2.27. The summed E-state index contributed by atoms with van der Waals surface area (Å²) in [5.74, 6) is -0.583. The molecule has 176 valence electrons. The summed E-state index contributed by atoms with van der Waals surface area (Å²) in [6.45, 7) is 3.38. The van der Waals surface area contributed by atoms with Gasteiger partial charge in [0.25, 0.3) is 0 Å². The van der Waals surface area contributed by atoms with Crippen LogP contribution < -0.4 is 15.4 Å². The molecule has 0 saturated carbocycles. The van der Waals surface area contributed by atoms with Crippen LogP contribution in [0.2, 0.25) is 0 Å². The summed E-state index contributed by atoms with van der Waals surface area (Å²) in [6, 6.07) is 12.8. The molecule has 1 aliphatic heterocycles. The zero-order valence-electron chi connectivity index (χ0n) is 18.2. The van der Waals surface area contributed by atoms with Gasteiger partial charge < -0.3 is 20.3 Å². The van der Waals surface area contributed by atoms with Crippen molar-refractivity contribution >= 4 is 23.7 Å². The molecule has 3 amide bonds. The Morgan fingerprint density at radius 2 is 1.88 bits per heavy atom. The highest BCUT2D eigenvalue weighted by atomic mass is 19.4. The van der Waals surface area contributed by atoms with Crippen LogP contribution in [0.25, 0.3) is 6.08 Å². The van der Waals surface area contributed by atoms with Crippen LogP contribution in [-0.2, 0) is 4.79 Å². The topological polar surface area (TPSA) is 70.7 Å². The Kier molecular flexibility index (Phi) is 7.97. The molecule has 1 aliphatic rings. The molecule has 2 N–H and O–H groups in total. The fourth-order valence-corrected chi connectivity index (χ4v) is 3.58. The van der Waals surface area contributed by atoms with E-state index in [1.807, 2.05) is 31.2 Å². The molecule has 0 spiro atoms. The van der Waals surface area contributed by atoms with E-state index in [2.05, 4.69) is 15.4 Å². The van der Waals surface area contributed by atoms with E-state index in [1.165, 1.54) is 30.4 Å². The third-order valence-corrected chi connectivity index (χ3v) is 5.24. The zero-order valence-corrected chi connectivity index (χ0v) is 18.2. The number of hydrogen-bond donors (Lipinski definition) is 2. The Morgan fingerprint density at radius 3 is 2.61 bits per heavy atom. The number of likely N-dealkylation sites (tertiary alicyclic amines) is 1. The highest BCUT2D eigenvalue weighted by Gasteiger charge is 2.31. The molecule has 33 heavy (non-hydrogen) atoms. The van der Waals surface area contributed by atoms with Crippen LogP contribution >= 0.6 is 0 Å². The van der Waals surface area contributed by atoms with Gasteiger partial charge in [-0.25, -0.2) is 4.79 Å². The molecule has 1 fully saturated rings. The molecule has 0 bridgehead atoms. The quantitative estimate of drug-likeness (QED) is 0.597. The van der Waals surface area contributed by atoms with Gasteiger partial charge in [0, 0.05) is 37.0 Å². The number of aryl methyl sites for hydroxylation is 1. The number of carbonyl (C=O) groups excluding carboxylic acids is 2.